The lowest BCUT2D eigenvalue weighted by atomic mass is 10.3. The third-order valence-corrected chi connectivity index (χ3v) is 2.03. The van der Waals surface area contributed by atoms with E-state index >= 15 is 0 Å². The van der Waals surface area contributed by atoms with Crippen molar-refractivity contribution >= 4 is 22.6 Å². The smallest absolute Gasteiger partial charge is 0.119 e. The summed E-state index contributed by atoms with van der Waals surface area (Å²) in [5.41, 5.74) is 0. The molecular formula is C5H11IN2. The minimum Gasteiger partial charge on any atom is -0.291 e. The largest absolute Gasteiger partial charge is 0.291 e. The van der Waals surface area contributed by atoms with E-state index in [2.05, 4.69) is 40.1 Å². The fourth-order valence-corrected chi connectivity index (χ4v) is 1.34. The Labute approximate surface area is 63.6 Å². The molecule has 0 aromatic carbocycles. The fourth-order valence-electron chi connectivity index (χ4n) is 0.797. The van der Waals surface area contributed by atoms with Crippen molar-refractivity contribution in [1.29, 1.82) is 0 Å². The predicted octanol–water partition coefficient (Wildman–Crippen LogP) is 0.678. The Morgan fingerprint density at radius 1 is 1.38 bits per heavy atom. The summed E-state index contributed by atoms with van der Waals surface area (Å²) in [7, 11) is 0. The van der Waals surface area contributed by atoms with E-state index in [9.17, 15) is 0 Å². The molecule has 2 N–H and O–H groups in total. The predicted molar refractivity (Wildman–Crippen MR) is 43.0 cm³/mol. The van der Waals surface area contributed by atoms with Crippen molar-refractivity contribution in [2.45, 2.75) is 17.0 Å². The highest BCUT2D eigenvalue weighted by atomic mass is 127. The first-order valence-electron chi connectivity index (χ1n) is 2.90. The SMILES string of the molecule is CC1(I)NCCCN1. The van der Waals surface area contributed by atoms with Crippen LogP contribution in [0.2, 0.25) is 0 Å². The van der Waals surface area contributed by atoms with Gasteiger partial charge in [-0.2, -0.15) is 0 Å². The third-order valence-electron chi connectivity index (χ3n) is 1.27. The maximum Gasteiger partial charge on any atom is 0.119 e. The number of halogens is 1. The number of hydrogen-bond donors (Lipinski definition) is 2. The molecule has 1 aliphatic heterocycles. The topological polar surface area (TPSA) is 24.1 Å². The number of alkyl halides is 1. The maximum absolute atomic E-state index is 3.33. The molecule has 1 rings (SSSR count). The quantitative estimate of drug-likeness (QED) is 0.360. The minimum atomic E-state index is 0.149. The molecule has 1 heterocycles. The Hall–Kier alpha value is 0.650. The first kappa shape index (κ1) is 6.77. The van der Waals surface area contributed by atoms with Gasteiger partial charge in [0.25, 0.3) is 0 Å². The fraction of sp³-hybridized carbons (Fsp3) is 1.00. The van der Waals surface area contributed by atoms with Crippen LogP contribution in [-0.4, -0.2) is 16.8 Å². The van der Waals surface area contributed by atoms with Gasteiger partial charge in [0.1, 0.15) is 3.67 Å². The molecule has 1 aliphatic rings. The van der Waals surface area contributed by atoms with Gasteiger partial charge in [-0.05, 0) is 49.0 Å². The monoisotopic (exact) mass is 226 g/mol. The molecular weight excluding hydrogens is 215 g/mol. The van der Waals surface area contributed by atoms with E-state index in [0.29, 0.717) is 0 Å². The first-order valence-corrected chi connectivity index (χ1v) is 3.97. The van der Waals surface area contributed by atoms with E-state index in [1.165, 1.54) is 6.42 Å². The summed E-state index contributed by atoms with van der Waals surface area (Å²) in [6, 6.07) is 0. The average Bonchev–Trinajstić information content (AvgIpc) is 1.65. The summed E-state index contributed by atoms with van der Waals surface area (Å²) in [6.07, 6.45) is 1.25. The van der Waals surface area contributed by atoms with Gasteiger partial charge in [0.15, 0.2) is 0 Å². The molecule has 0 aromatic rings. The van der Waals surface area contributed by atoms with E-state index in [1.54, 1.807) is 0 Å². The number of nitrogens with one attached hydrogen (secondary N) is 2. The van der Waals surface area contributed by atoms with Crippen molar-refractivity contribution in [1.82, 2.24) is 10.6 Å². The van der Waals surface area contributed by atoms with Crippen LogP contribution in [0.15, 0.2) is 0 Å². The molecule has 0 aliphatic carbocycles. The van der Waals surface area contributed by atoms with Gasteiger partial charge in [-0.25, -0.2) is 0 Å². The van der Waals surface area contributed by atoms with Gasteiger partial charge in [-0.3, -0.25) is 10.6 Å². The third kappa shape index (κ3) is 1.87. The zero-order chi connectivity index (χ0) is 6.04. The molecule has 2 nitrogen and oxygen atoms in total. The van der Waals surface area contributed by atoms with Crippen LogP contribution in [0.1, 0.15) is 13.3 Å². The lowest BCUT2D eigenvalue weighted by Crippen LogP contribution is -2.54. The van der Waals surface area contributed by atoms with Gasteiger partial charge in [0, 0.05) is 0 Å². The molecule has 48 valence electrons. The molecule has 8 heavy (non-hydrogen) atoms. The molecule has 3 heteroatoms. The van der Waals surface area contributed by atoms with Crippen LogP contribution >= 0.6 is 22.6 Å². The molecule has 0 radical (unpaired) electrons. The van der Waals surface area contributed by atoms with Crippen LogP contribution in [0.5, 0.6) is 0 Å². The second-order valence-corrected chi connectivity index (χ2v) is 4.37. The van der Waals surface area contributed by atoms with Gasteiger partial charge in [0.05, 0.1) is 0 Å². The standard InChI is InChI=1S/C5H11IN2/c1-5(6)7-3-2-4-8-5/h7-8H,2-4H2,1H3. The van der Waals surface area contributed by atoms with E-state index < -0.39 is 0 Å². The highest BCUT2D eigenvalue weighted by Crippen LogP contribution is 2.11. The normalized spacial score (nSPS) is 27.8. The van der Waals surface area contributed by atoms with E-state index in [0.717, 1.165) is 13.1 Å². The Morgan fingerprint density at radius 3 is 2.12 bits per heavy atom. The summed E-state index contributed by atoms with van der Waals surface area (Å²) in [5.74, 6) is 0. The summed E-state index contributed by atoms with van der Waals surface area (Å²) >= 11 is 2.37. The van der Waals surface area contributed by atoms with E-state index in [4.69, 9.17) is 0 Å². The van der Waals surface area contributed by atoms with Crippen LogP contribution < -0.4 is 10.6 Å². The van der Waals surface area contributed by atoms with Crippen molar-refractivity contribution in [3.05, 3.63) is 0 Å². The van der Waals surface area contributed by atoms with Crippen LogP contribution in [0, 0.1) is 0 Å². The zero-order valence-corrected chi connectivity index (χ0v) is 7.16. The molecule has 0 amide bonds. The lowest BCUT2D eigenvalue weighted by molar-refractivity contribution is 0.376. The van der Waals surface area contributed by atoms with Gasteiger partial charge < -0.3 is 0 Å². The second kappa shape index (κ2) is 2.49. The van der Waals surface area contributed by atoms with Gasteiger partial charge in [0.2, 0.25) is 0 Å². The van der Waals surface area contributed by atoms with Crippen molar-refractivity contribution in [2.24, 2.45) is 0 Å². The highest BCUT2D eigenvalue weighted by molar-refractivity contribution is 14.1. The Morgan fingerprint density at radius 2 is 1.88 bits per heavy atom. The first-order chi connectivity index (χ1) is 3.71. The van der Waals surface area contributed by atoms with Crippen LogP contribution in [0.4, 0.5) is 0 Å². The Balaban J connectivity index is 2.33. The molecule has 0 atom stereocenters. The van der Waals surface area contributed by atoms with E-state index in [1.807, 2.05) is 0 Å². The summed E-state index contributed by atoms with van der Waals surface area (Å²) in [5, 5.41) is 6.67. The Kier molecular flexibility index (Phi) is 2.11. The van der Waals surface area contributed by atoms with Gasteiger partial charge in [-0.15, -0.1) is 0 Å². The maximum atomic E-state index is 3.33. The molecule has 0 aromatic heterocycles. The van der Waals surface area contributed by atoms with Crippen molar-refractivity contribution in [3.63, 3.8) is 0 Å². The van der Waals surface area contributed by atoms with Crippen LogP contribution in [-0.2, 0) is 0 Å². The van der Waals surface area contributed by atoms with Gasteiger partial charge >= 0.3 is 0 Å². The molecule has 0 spiro atoms. The molecule has 0 bridgehead atoms. The Bertz CT molecular complexity index is 74.5. The molecule has 1 fully saturated rings. The summed E-state index contributed by atoms with van der Waals surface area (Å²) in [4.78, 5) is 0. The molecule has 0 saturated carbocycles. The minimum absolute atomic E-state index is 0.149. The second-order valence-electron chi connectivity index (χ2n) is 2.21. The van der Waals surface area contributed by atoms with E-state index in [-0.39, 0.29) is 3.67 Å². The lowest BCUT2D eigenvalue weighted by Gasteiger charge is -2.30. The van der Waals surface area contributed by atoms with Crippen LogP contribution in [0.3, 0.4) is 0 Å². The van der Waals surface area contributed by atoms with Crippen molar-refractivity contribution in [3.8, 4) is 0 Å². The zero-order valence-electron chi connectivity index (χ0n) is 5.00. The average molecular weight is 226 g/mol. The van der Waals surface area contributed by atoms with Crippen LogP contribution in [0.25, 0.3) is 0 Å². The van der Waals surface area contributed by atoms with Crippen molar-refractivity contribution in [2.75, 3.05) is 13.1 Å². The van der Waals surface area contributed by atoms with Crippen molar-refractivity contribution < 1.29 is 0 Å². The van der Waals surface area contributed by atoms with Gasteiger partial charge in [-0.1, -0.05) is 0 Å². The number of rotatable bonds is 0. The number of hydrogen-bond acceptors (Lipinski definition) is 2. The summed E-state index contributed by atoms with van der Waals surface area (Å²) in [6.45, 7) is 4.44. The molecule has 1 saturated heterocycles. The summed E-state index contributed by atoms with van der Waals surface area (Å²) < 4.78 is 0.149. The molecule has 0 unspecified atom stereocenters. The highest BCUT2D eigenvalue weighted by Gasteiger charge is 2.19.